The summed E-state index contributed by atoms with van der Waals surface area (Å²) >= 11 is 0. The molecule has 1 aliphatic rings. The zero-order chi connectivity index (χ0) is 22.5. The zero-order valence-corrected chi connectivity index (χ0v) is 19.2. The predicted molar refractivity (Wildman–Crippen MR) is 146 cm³/mol. The highest BCUT2D eigenvalue weighted by Crippen LogP contribution is 2.46. The molecule has 0 N–H and O–H groups in total. The van der Waals surface area contributed by atoms with Crippen LogP contribution in [0.25, 0.3) is 54.6 Å². The van der Waals surface area contributed by atoms with Crippen molar-refractivity contribution >= 4 is 32.3 Å². The van der Waals surface area contributed by atoms with E-state index in [1.54, 1.807) is 5.56 Å². The molecule has 0 spiro atoms. The molecule has 34 heavy (non-hydrogen) atoms. The standard InChI is InChI=1S/C34H26/c1-3-15-25-23(11-1)13-9-21-27(25)33-29-17-5-7-19-31(29)34(32-20-8-6-18-30(32)33)28-22-10-14-24-12-2-4-16-26(24)28/h1,3,5-11,13-15,17-22H,2,4,12,16H2. The van der Waals surface area contributed by atoms with Gasteiger partial charge in [0.25, 0.3) is 0 Å². The minimum Gasteiger partial charge on any atom is -0.0616 e. The maximum Gasteiger partial charge on any atom is -0.00201 e. The van der Waals surface area contributed by atoms with Crippen LogP contribution in [-0.2, 0) is 12.8 Å². The molecule has 0 saturated heterocycles. The maximum atomic E-state index is 2.36. The molecule has 0 atom stereocenters. The minimum absolute atomic E-state index is 1.18. The van der Waals surface area contributed by atoms with Crippen molar-refractivity contribution in [1.29, 1.82) is 0 Å². The largest absolute Gasteiger partial charge is 0.0616 e. The van der Waals surface area contributed by atoms with Gasteiger partial charge in [-0.1, -0.05) is 109 Å². The summed E-state index contributed by atoms with van der Waals surface area (Å²) in [6.07, 6.45) is 4.97. The summed E-state index contributed by atoms with van der Waals surface area (Å²) in [4.78, 5) is 0. The van der Waals surface area contributed by atoms with Gasteiger partial charge in [-0.25, -0.2) is 0 Å². The lowest BCUT2D eigenvalue weighted by Gasteiger charge is -2.23. The Hall–Kier alpha value is -3.90. The van der Waals surface area contributed by atoms with Crippen LogP contribution in [0.1, 0.15) is 24.0 Å². The summed E-state index contributed by atoms with van der Waals surface area (Å²) in [5.41, 5.74) is 8.57. The summed E-state index contributed by atoms with van der Waals surface area (Å²) in [6, 6.07) is 40.5. The van der Waals surface area contributed by atoms with Gasteiger partial charge >= 0.3 is 0 Å². The minimum atomic E-state index is 1.18. The first-order chi connectivity index (χ1) is 16.9. The smallest absolute Gasteiger partial charge is 0.00201 e. The van der Waals surface area contributed by atoms with Gasteiger partial charge in [0.15, 0.2) is 0 Å². The Morgan fingerprint density at radius 3 is 1.59 bits per heavy atom. The third-order valence-electron chi connectivity index (χ3n) is 7.66. The fraction of sp³-hybridized carbons (Fsp3) is 0.118. The van der Waals surface area contributed by atoms with Gasteiger partial charge in [0.2, 0.25) is 0 Å². The van der Waals surface area contributed by atoms with Crippen LogP contribution < -0.4 is 0 Å². The Balaban J connectivity index is 1.66. The topological polar surface area (TPSA) is 0 Å². The molecule has 162 valence electrons. The summed E-state index contributed by atoms with van der Waals surface area (Å²) in [6.45, 7) is 0. The average Bonchev–Trinajstić information content (AvgIpc) is 2.91. The second-order valence-corrected chi connectivity index (χ2v) is 9.52. The molecule has 6 aromatic carbocycles. The fourth-order valence-electron chi connectivity index (χ4n) is 6.17. The highest BCUT2D eigenvalue weighted by Gasteiger charge is 2.21. The van der Waals surface area contributed by atoms with E-state index in [-0.39, 0.29) is 0 Å². The van der Waals surface area contributed by atoms with Gasteiger partial charge in [-0.15, -0.1) is 0 Å². The summed E-state index contributed by atoms with van der Waals surface area (Å²) in [5.74, 6) is 0. The monoisotopic (exact) mass is 434 g/mol. The zero-order valence-electron chi connectivity index (χ0n) is 19.2. The molecular formula is C34H26. The van der Waals surface area contributed by atoms with Crippen molar-refractivity contribution in [2.24, 2.45) is 0 Å². The molecule has 0 heterocycles. The fourth-order valence-corrected chi connectivity index (χ4v) is 6.17. The first kappa shape index (κ1) is 19.6. The van der Waals surface area contributed by atoms with Crippen molar-refractivity contribution in [3.63, 3.8) is 0 Å². The van der Waals surface area contributed by atoms with Gasteiger partial charge in [-0.3, -0.25) is 0 Å². The van der Waals surface area contributed by atoms with Crippen LogP contribution in [0.4, 0.5) is 0 Å². The van der Waals surface area contributed by atoms with Crippen LogP contribution in [0.3, 0.4) is 0 Å². The molecule has 7 rings (SSSR count). The van der Waals surface area contributed by atoms with Crippen LogP contribution >= 0.6 is 0 Å². The van der Waals surface area contributed by atoms with E-state index in [1.165, 1.54) is 85.8 Å². The normalized spacial score (nSPS) is 13.4. The number of hydrogen-bond acceptors (Lipinski definition) is 0. The Morgan fingerprint density at radius 1 is 0.382 bits per heavy atom. The Labute approximate surface area is 200 Å². The number of fused-ring (bicyclic) bond motifs is 4. The third-order valence-corrected chi connectivity index (χ3v) is 7.66. The molecule has 0 nitrogen and oxygen atoms in total. The lowest BCUT2D eigenvalue weighted by Crippen LogP contribution is -2.04. The van der Waals surface area contributed by atoms with E-state index in [9.17, 15) is 0 Å². The predicted octanol–water partition coefficient (Wildman–Crippen LogP) is 9.36. The van der Waals surface area contributed by atoms with Crippen LogP contribution in [0, 0.1) is 0 Å². The van der Waals surface area contributed by atoms with Gasteiger partial charge in [-0.2, -0.15) is 0 Å². The first-order valence-corrected chi connectivity index (χ1v) is 12.4. The van der Waals surface area contributed by atoms with Gasteiger partial charge < -0.3 is 0 Å². The lowest BCUT2D eigenvalue weighted by atomic mass is 9.80. The molecule has 0 aliphatic heterocycles. The maximum absolute atomic E-state index is 2.36. The Morgan fingerprint density at radius 2 is 0.882 bits per heavy atom. The molecule has 0 bridgehead atoms. The molecule has 0 radical (unpaired) electrons. The van der Waals surface area contributed by atoms with E-state index >= 15 is 0 Å². The number of benzene rings is 6. The second-order valence-electron chi connectivity index (χ2n) is 9.52. The second kappa shape index (κ2) is 7.85. The number of hydrogen-bond donors (Lipinski definition) is 0. The summed E-state index contributed by atoms with van der Waals surface area (Å²) in [5, 5.41) is 7.97. The Bertz CT molecular complexity index is 1640. The number of rotatable bonds is 2. The molecule has 1 aliphatic carbocycles. The van der Waals surface area contributed by atoms with Gasteiger partial charge in [0, 0.05) is 0 Å². The van der Waals surface area contributed by atoms with Crippen molar-refractivity contribution in [1.82, 2.24) is 0 Å². The molecule has 0 fully saturated rings. The van der Waals surface area contributed by atoms with Gasteiger partial charge in [0.1, 0.15) is 0 Å². The van der Waals surface area contributed by atoms with Crippen molar-refractivity contribution in [3.8, 4) is 22.3 Å². The quantitative estimate of drug-likeness (QED) is 0.238. The molecule has 6 aromatic rings. The highest BCUT2D eigenvalue weighted by molar-refractivity contribution is 6.23. The van der Waals surface area contributed by atoms with Crippen molar-refractivity contribution < 1.29 is 0 Å². The molecule has 0 unspecified atom stereocenters. The van der Waals surface area contributed by atoms with E-state index in [0.29, 0.717) is 0 Å². The van der Waals surface area contributed by atoms with Gasteiger partial charge in [-0.05, 0) is 91.4 Å². The first-order valence-electron chi connectivity index (χ1n) is 12.4. The van der Waals surface area contributed by atoms with E-state index in [0.717, 1.165) is 0 Å². The summed E-state index contributed by atoms with van der Waals surface area (Å²) in [7, 11) is 0. The molecule has 0 amide bonds. The van der Waals surface area contributed by atoms with E-state index < -0.39 is 0 Å². The Kier molecular flexibility index (Phi) is 4.52. The molecule has 0 heteroatoms. The molecular weight excluding hydrogens is 408 g/mol. The van der Waals surface area contributed by atoms with Crippen LogP contribution in [0.15, 0.2) is 109 Å². The van der Waals surface area contributed by atoms with Crippen LogP contribution in [-0.4, -0.2) is 0 Å². The average molecular weight is 435 g/mol. The van der Waals surface area contributed by atoms with Crippen LogP contribution in [0.5, 0.6) is 0 Å². The van der Waals surface area contributed by atoms with E-state index in [1.807, 2.05) is 0 Å². The SMILES string of the molecule is c1cc2c(c(-c3c4ccccc4c(-c4cccc5ccccc45)c4ccccc34)c1)CCCC2. The van der Waals surface area contributed by atoms with Gasteiger partial charge in [0.05, 0.1) is 0 Å². The summed E-state index contributed by atoms with van der Waals surface area (Å²) < 4.78 is 0. The lowest BCUT2D eigenvalue weighted by molar-refractivity contribution is 0.687. The number of aryl methyl sites for hydroxylation is 1. The van der Waals surface area contributed by atoms with Crippen molar-refractivity contribution in [2.75, 3.05) is 0 Å². The third kappa shape index (κ3) is 2.92. The van der Waals surface area contributed by atoms with Crippen molar-refractivity contribution in [3.05, 3.63) is 120 Å². The highest BCUT2D eigenvalue weighted by atomic mass is 14.2. The molecule has 0 saturated carbocycles. The molecule has 0 aromatic heterocycles. The van der Waals surface area contributed by atoms with Crippen molar-refractivity contribution in [2.45, 2.75) is 25.7 Å². The van der Waals surface area contributed by atoms with E-state index in [4.69, 9.17) is 0 Å². The van der Waals surface area contributed by atoms with E-state index in [2.05, 4.69) is 109 Å². The van der Waals surface area contributed by atoms with Crippen LogP contribution in [0.2, 0.25) is 0 Å².